The highest BCUT2D eigenvalue weighted by Crippen LogP contribution is 2.31. The second kappa shape index (κ2) is 3.13. The van der Waals surface area contributed by atoms with Gasteiger partial charge in [0.25, 0.3) is 0 Å². The summed E-state index contributed by atoms with van der Waals surface area (Å²) in [4.78, 5) is 0.629. The molecule has 0 saturated carbocycles. The van der Waals surface area contributed by atoms with Crippen molar-refractivity contribution in [1.82, 2.24) is 4.47 Å². The van der Waals surface area contributed by atoms with E-state index >= 15 is 0 Å². The largest absolute Gasteiger partial charge is 0.773 e. The van der Waals surface area contributed by atoms with Crippen LogP contribution >= 0.6 is 0 Å². The first-order chi connectivity index (χ1) is 7.27. The van der Waals surface area contributed by atoms with Gasteiger partial charge in [-0.25, -0.2) is 4.21 Å². The zero-order valence-electron chi connectivity index (χ0n) is 7.84. The third-order valence-electron chi connectivity index (χ3n) is 2.63. The molecule has 0 fully saturated rings. The summed E-state index contributed by atoms with van der Waals surface area (Å²) in [5.41, 5.74) is 0.956. The van der Waals surface area contributed by atoms with Crippen LogP contribution in [0.1, 0.15) is 5.56 Å². The number of hydrogen-bond acceptors (Lipinski definition) is 2. The number of benzene rings is 2. The summed E-state index contributed by atoms with van der Waals surface area (Å²) < 4.78 is 12.3. The van der Waals surface area contributed by atoms with Crippen molar-refractivity contribution in [2.75, 3.05) is 0 Å². The minimum atomic E-state index is -1.56. The molecule has 2 aromatic rings. The topological polar surface area (TPSA) is 43.4 Å². The van der Waals surface area contributed by atoms with Gasteiger partial charge in [-0.05, 0) is 17.0 Å². The fourth-order valence-corrected chi connectivity index (χ4v) is 3.06. The van der Waals surface area contributed by atoms with Gasteiger partial charge in [0.2, 0.25) is 0 Å². The summed E-state index contributed by atoms with van der Waals surface area (Å²) in [5.74, 6) is 0. The van der Waals surface area contributed by atoms with Crippen molar-refractivity contribution in [3.05, 3.63) is 47.2 Å². The highest BCUT2D eigenvalue weighted by molar-refractivity contribution is 7.83. The van der Waals surface area contributed by atoms with E-state index in [2.05, 4.69) is 0 Å². The van der Waals surface area contributed by atoms with Crippen LogP contribution in [-0.4, -0.2) is 8.68 Å². The molecule has 1 atom stereocenters. The molecule has 0 spiro atoms. The summed E-state index contributed by atoms with van der Waals surface area (Å²) in [5, 5.41) is 13.4. The molecule has 76 valence electrons. The predicted octanol–water partition coefficient (Wildman–Crippen LogP) is 2.18. The molecule has 1 unspecified atom stereocenters. The molecular formula is C11H8NO2S-. The molecule has 1 aliphatic heterocycles. The Balaban J connectivity index is 2.46. The zero-order valence-corrected chi connectivity index (χ0v) is 8.66. The van der Waals surface area contributed by atoms with E-state index < -0.39 is 11.0 Å². The van der Waals surface area contributed by atoms with Gasteiger partial charge in [-0.3, -0.25) is 4.47 Å². The summed E-state index contributed by atoms with van der Waals surface area (Å²) in [7, 11) is -1.56. The summed E-state index contributed by atoms with van der Waals surface area (Å²) in [6.45, 7) is 0.209. The Morgan fingerprint density at radius 1 is 1.20 bits per heavy atom. The molecular weight excluding hydrogens is 210 g/mol. The van der Waals surface area contributed by atoms with E-state index in [1.165, 1.54) is 0 Å². The molecule has 15 heavy (non-hydrogen) atoms. The van der Waals surface area contributed by atoms with Gasteiger partial charge in [0.1, 0.15) is 11.0 Å². The van der Waals surface area contributed by atoms with Crippen LogP contribution in [0.15, 0.2) is 41.3 Å². The van der Waals surface area contributed by atoms with Crippen LogP contribution < -0.4 is 0 Å². The van der Waals surface area contributed by atoms with Gasteiger partial charge in [-0.2, -0.15) is 0 Å². The number of hydrogen-bond donors (Lipinski definition) is 0. The Morgan fingerprint density at radius 3 is 2.73 bits per heavy atom. The minimum absolute atomic E-state index is 0.209. The van der Waals surface area contributed by atoms with Crippen LogP contribution in [0.5, 0.6) is 0 Å². The summed E-state index contributed by atoms with van der Waals surface area (Å²) in [6.07, 6.45) is 0. The lowest BCUT2D eigenvalue weighted by molar-refractivity contribution is 0.558. The van der Waals surface area contributed by atoms with Gasteiger partial charge >= 0.3 is 0 Å². The van der Waals surface area contributed by atoms with Crippen molar-refractivity contribution < 1.29 is 4.21 Å². The van der Waals surface area contributed by atoms with E-state index in [9.17, 15) is 9.42 Å². The quantitative estimate of drug-likeness (QED) is 0.680. The third kappa shape index (κ3) is 1.23. The van der Waals surface area contributed by atoms with E-state index in [1.807, 2.05) is 30.3 Å². The molecule has 2 aromatic carbocycles. The smallest absolute Gasteiger partial charge is 0.116 e. The first kappa shape index (κ1) is 9.03. The highest BCUT2D eigenvalue weighted by Gasteiger charge is 2.18. The molecule has 1 heterocycles. The van der Waals surface area contributed by atoms with E-state index in [4.69, 9.17) is 0 Å². The molecule has 1 aliphatic rings. The van der Waals surface area contributed by atoms with Crippen molar-refractivity contribution in [1.29, 1.82) is 0 Å². The second-order valence-corrected chi connectivity index (χ2v) is 4.86. The van der Waals surface area contributed by atoms with Crippen molar-refractivity contribution in [3.63, 3.8) is 0 Å². The first-order valence-corrected chi connectivity index (χ1v) is 5.75. The monoisotopic (exact) mass is 218 g/mol. The standard InChI is InChI=1S/C11H8NO2S/c13-12-7-9-5-1-3-8-4-2-6-10(11(8)9)15(12)14/h1-6H,7H2/q-1. The van der Waals surface area contributed by atoms with Gasteiger partial charge in [0.05, 0.1) is 4.90 Å². The van der Waals surface area contributed by atoms with Gasteiger partial charge in [0.15, 0.2) is 0 Å². The molecule has 4 heteroatoms. The van der Waals surface area contributed by atoms with E-state index in [1.54, 1.807) is 6.07 Å². The van der Waals surface area contributed by atoms with Gasteiger partial charge < -0.3 is 5.21 Å². The lowest BCUT2D eigenvalue weighted by atomic mass is 10.0. The summed E-state index contributed by atoms with van der Waals surface area (Å²) in [6, 6.07) is 11.4. The van der Waals surface area contributed by atoms with E-state index in [-0.39, 0.29) is 6.54 Å². The van der Waals surface area contributed by atoms with Crippen molar-refractivity contribution >= 4 is 21.8 Å². The minimum Gasteiger partial charge on any atom is -0.773 e. The van der Waals surface area contributed by atoms with Gasteiger partial charge in [-0.1, -0.05) is 30.3 Å². The Morgan fingerprint density at radius 2 is 1.93 bits per heavy atom. The SMILES string of the molecule is O=S1c2cccc3cccc(c23)CN1[O-]. The molecule has 0 radical (unpaired) electrons. The van der Waals surface area contributed by atoms with Crippen LogP contribution in [-0.2, 0) is 17.5 Å². The molecule has 0 N–H and O–H groups in total. The molecule has 0 bridgehead atoms. The van der Waals surface area contributed by atoms with Crippen LogP contribution in [0, 0.1) is 5.21 Å². The Kier molecular flexibility index (Phi) is 1.88. The molecule has 0 amide bonds. The average molecular weight is 218 g/mol. The Hall–Kier alpha value is -1.23. The van der Waals surface area contributed by atoms with Crippen molar-refractivity contribution in [3.8, 4) is 0 Å². The normalized spacial score (nSPS) is 20.7. The Bertz CT molecular complexity index is 562. The lowest BCUT2D eigenvalue weighted by Crippen LogP contribution is -2.23. The van der Waals surface area contributed by atoms with Crippen molar-refractivity contribution in [2.45, 2.75) is 11.4 Å². The van der Waals surface area contributed by atoms with E-state index in [0.717, 1.165) is 16.3 Å². The Labute approximate surface area is 89.5 Å². The van der Waals surface area contributed by atoms with Crippen LogP contribution in [0.25, 0.3) is 10.8 Å². The summed E-state index contributed by atoms with van der Waals surface area (Å²) >= 11 is 0. The maximum absolute atomic E-state index is 11.7. The third-order valence-corrected chi connectivity index (χ3v) is 3.84. The first-order valence-electron chi connectivity index (χ1n) is 4.64. The van der Waals surface area contributed by atoms with E-state index in [0.29, 0.717) is 9.36 Å². The lowest BCUT2D eigenvalue weighted by Gasteiger charge is -2.31. The van der Waals surface area contributed by atoms with Crippen LogP contribution in [0.2, 0.25) is 0 Å². The highest BCUT2D eigenvalue weighted by atomic mass is 32.2. The van der Waals surface area contributed by atoms with Gasteiger partial charge in [-0.15, -0.1) is 0 Å². The van der Waals surface area contributed by atoms with Crippen LogP contribution in [0.4, 0.5) is 0 Å². The number of rotatable bonds is 0. The predicted molar refractivity (Wildman–Crippen MR) is 59.3 cm³/mol. The maximum Gasteiger partial charge on any atom is 0.116 e. The molecule has 0 saturated heterocycles. The van der Waals surface area contributed by atoms with Gasteiger partial charge in [0, 0.05) is 11.9 Å². The molecule has 3 rings (SSSR count). The molecule has 3 nitrogen and oxygen atoms in total. The molecule has 0 aliphatic carbocycles. The average Bonchev–Trinajstić information content (AvgIpc) is 2.26. The van der Waals surface area contributed by atoms with Crippen molar-refractivity contribution in [2.24, 2.45) is 0 Å². The molecule has 0 aromatic heterocycles. The second-order valence-electron chi connectivity index (χ2n) is 3.51. The maximum atomic E-state index is 11.7. The zero-order chi connectivity index (χ0) is 10.4. The fraction of sp³-hybridized carbons (Fsp3) is 0.0909. The fourth-order valence-electron chi connectivity index (χ4n) is 1.97. The number of hydroxylamine groups is 1. The van der Waals surface area contributed by atoms with Crippen LogP contribution in [0.3, 0.4) is 0 Å². The number of nitrogens with zero attached hydrogens (tertiary/aromatic N) is 1.